The number of carbonyl (C=O) groups is 2. The number of aliphatic carboxylic acids is 1. The Morgan fingerprint density at radius 2 is 1.94 bits per heavy atom. The molecule has 1 atom stereocenters. The molecule has 1 rings (SSSR count). The summed E-state index contributed by atoms with van der Waals surface area (Å²) in [7, 11) is 1.54. The molecule has 5 nitrogen and oxygen atoms in total. The fourth-order valence-corrected chi connectivity index (χ4v) is 1.32. The zero-order valence-electron chi connectivity index (χ0n) is 9.77. The van der Waals surface area contributed by atoms with Crippen LogP contribution >= 0.6 is 0 Å². The van der Waals surface area contributed by atoms with Gasteiger partial charge in [0.1, 0.15) is 5.75 Å². The summed E-state index contributed by atoms with van der Waals surface area (Å²) in [5.41, 5.74) is 0.692. The van der Waals surface area contributed by atoms with Crippen LogP contribution in [0.4, 0.5) is 0 Å². The molecule has 0 bridgehead atoms. The molecule has 17 heavy (non-hydrogen) atoms. The van der Waals surface area contributed by atoms with Crippen LogP contribution in [0.15, 0.2) is 24.3 Å². The van der Waals surface area contributed by atoms with Crippen molar-refractivity contribution in [3.63, 3.8) is 0 Å². The molecule has 0 fully saturated rings. The Bertz CT molecular complexity index is 399. The van der Waals surface area contributed by atoms with Gasteiger partial charge >= 0.3 is 5.97 Å². The molecule has 0 saturated heterocycles. The summed E-state index contributed by atoms with van der Waals surface area (Å²) in [5, 5.41) is 11.1. The van der Waals surface area contributed by atoms with Crippen LogP contribution in [0.25, 0.3) is 0 Å². The zero-order chi connectivity index (χ0) is 12.8. The molecule has 1 aromatic carbocycles. The van der Waals surface area contributed by atoms with Crippen LogP contribution in [0, 0.1) is 0 Å². The lowest BCUT2D eigenvalue weighted by atomic mass is 10.1. The minimum Gasteiger partial charge on any atom is -0.481 e. The second-order valence-electron chi connectivity index (χ2n) is 3.59. The van der Waals surface area contributed by atoms with E-state index in [1.54, 1.807) is 31.2 Å². The van der Waals surface area contributed by atoms with Crippen molar-refractivity contribution in [3.05, 3.63) is 29.8 Å². The molecule has 0 aromatic heterocycles. The molecule has 0 aliphatic rings. The topological polar surface area (TPSA) is 75.6 Å². The summed E-state index contributed by atoms with van der Waals surface area (Å²) < 4.78 is 5.37. The Kier molecular flexibility index (Phi) is 4.51. The lowest BCUT2D eigenvalue weighted by Crippen LogP contribution is -2.33. The molecule has 0 saturated carbocycles. The molecule has 5 heteroatoms. The quantitative estimate of drug-likeness (QED) is 0.795. The lowest BCUT2D eigenvalue weighted by molar-refractivity contribution is -0.136. The fourth-order valence-electron chi connectivity index (χ4n) is 1.32. The third-order valence-electron chi connectivity index (χ3n) is 2.21. The van der Waals surface area contributed by atoms with Gasteiger partial charge in [0.15, 0.2) is 6.10 Å². The van der Waals surface area contributed by atoms with E-state index in [1.807, 2.05) is 0 Å². The summed E-state index contributed by atoms with van der Waals surface area (Å²) in [6.45, 7) is 1.64. The molecule has 1 unspecified atom stereocenters. The highest BCUT2D eigenvalue weighted by Crippen LogP contribution is 2.14. The standard InChI is InChI=1S/C12H15NO4/c1-8(12(16)13-2)17-10-5-3-9(4-6-10)7-11(14)15/h3-6,8H,7H2,1-2H3,(H,13,16)(H,14,15). The van der Waals surface area contributed by atoms with Gasteiger partial charge in [0.25, 0.3) is 5.91 Å². The van der Waals surface area contributed by atoms with Crippen molar-refractivity contribution in [3.8, 4) is 5.75 Å². The van der Waals surface area contributed by atoms with Crippen molar-refractivity contribution in [2.45, 2.75) is 19.4 Å². The number of carbonyl (C=O) groups excluding carboxylic acids is 1. The van der Waals surface area contributed by atoms with E-state index in [-0.39, 0.29) is 12.3 Å². The summed E-state index contributed by atoms with van der Waals surface area (Å²) in [6.07, 6.45) is -0.601. The molecule has 1 amide bonds. The number of carboxylic acid groups (broad SMARTS) is 1. The van der Waals surface area contributed by atoms with Crippen molar-refractivity contribution in [1.82, 2.24) is 5.32 Å². The van der Waals surface area contributed by atoms with Crippen molar-refractivity contribution in [2.75, 3.05) is 7.05 Å². The zero-order valence-corrected chi connectivity index (χ0v) is 9.77. The maximum atomic E-state index is 11.2. The van der Waals surface area contributed by atoms with Gasteiger partial charge in [-0.2, -0.15) is 0 Å². The molecule has 0 aliphatic carbocycles. The maximum absolute atomic E-state index is 11.2. The van der Waals surface area contributed by atoms with Gasteiger partial charge in [0, 0.05) is 7.05 Å². The van der Waals surface area contributed by atoms with E-state index in [4.69, 9.17) is 9.84 Å². The van der Waals surface area contributed by atoms with Gasteiger partial charge in [-0.3, -0.25) is 9.59 Å². The Morgan fingerprint density at radius 1 is 1.35 bits per heavy atom. The summed E-state index contributed by atoms with van der Waals surface area (Å²) >= 11 is 0. The Balaban J connectivity index is 2.62. The third kappa shape index (κ3) is 4.14. The summed E-state index contributed by atoms with van der Waals surface area (Å²) in [6, 6.07) is 6.63. The van der Waals surface area contributed by atoms with Crippen LogP contribution < -0.4 is 10.1 Å². The van der Waals surface area contributed by atoms with Crippen molar-refractivity contribution >= 4 is 11.9 Å². The fraction of sp³-hybridized carbons (Fsp3) is 0.333. The van der Waals surface area contributed by atoms with Gasteiger partial charge < -0.3 is 15.2 Å². The molecular weight excluding hydrogens is 222 g/mol. The van der Waals surface area contributed by atoms with Crippen molar-refractivity contribution in [1.29, 1.82) is 0 Å². The van der Waals surface area contributed by atoms with E-state index in [0.717, 1.165) is 0 Å². The number of benzene rings is 1. The van der Waals surface area contributed by atoms with Crippen LogP contribution in [0.2, 0.25) is 0 Å². The van der Waals surface area contributed by atoms with Gasteiger partial charge in [-0.25, -0.2) is 0 Å². The Hall–Kier alpha value is -2.04. The molecule has 0 spiro atoms. The van der Waals surface area contributed by atoms with Gasteiger partial charge in [-0.1, -0.05) is 12.1 Å². The second-order valence-corrected chi connectivity index (χ2v) is 3.59. The average molecular weight is 237 g/mol. The second kappa shape index (κ2) is 5.89. The average Bonchev–Trinajstić information content (AvgIpc) is 2.30. The van der Waals surface area contributed by atoms with E-state index in [0.29, 0.717) is 11.3 Å². The molecule has 0 aliphatic heterocycles. The number of nitrogens with one attached hydrogen (secondary N) is 1. The predicted molar refractivity (Wildman–Crippen MR) is 61.9 cm³/mol. The van der Waals surface area contributed by atoms with E-state index in [1.165, 1.54) is 7.05 Å². The first kappa shape index (κ1) is 13.0. The molecular formula is C12H15NO4. The first-order valence-electron chi connectivity index (χ1n) is 5.22. The van der Waals surface area contributed by atoms with E-state index in [2.05, 4.69) is 5.32 Å². The first-order valence-corrected chi connectivity index (χ1v) is 5.22. The minimum absolute atomic E-state index is 0.0225. The van der Waals surface area contributed by atoms with E-state index in [9.17, 15) is 9.59 Å². The maximum Gasteiger partial charge on any atom is 0.307 e. The van der Waals surface area contributed by atoms with Crippen LogP contribution in [-0.2, 0) is 16.0 Å². The van der Waals surface area contributed by atoms with E-state index >= 15 is 0 Å². The number of carboxylic acids is 1. The van der Waals surface area contributed by atoms with Gasteiger partial charge in [-0.15, -0.1) is 0 Å². The van der Waals surface area contributed by atoms with E-state index < -0.39 is 12.1 Å². The molecule has 0 heterocycles. The van der Waals surface area contributed by atoms with Gasteiger partial charge in [-0.05, 0) is 24.6 Å². The van der Waals surface area contributed by atoms with Gasteiger partial charge in [0.2, 0.25) is 0 Å². The summed E-state index contributed by atoms with van der Waals surface area (Å²) in [4.78, 5) is 21.7. The normalized spacial score (nSPS) is 11.6. The molecule has 0 radical (unpaired) electrons. The summed E-state index contributed by atoms with van der Waals surface area (Å²) in [5.74, 6) is -0.549. The number of likely N-dealkylation sites (N-methyl/N-ethyl adjacent to an activating group) is 1. The third-order valence-corrected chi connectivity index (χ3v) is 2.21. The Morgan fingerprint density at radius 3 is 2.41 bits per heavy atom. The van der Waals surface area contributed by atoms with Crippen LogP contribution in [-0.4, -0.2) is 30.1 Å². The highest BCUT2D eigenvalue weighted by Gasteiger charge is 2.12. The SMILES string of the molecule is CNC(=O)C(C)Oc1ccc(CC(=O)O)cc1. The smallest absolute Gasteiger partial charge is 0.307 e. The van der Waals surface area contributed by atoms with Crippen LogP contribution in [0.5, 0.6) is 5.75 Å². The Labute approximate surface area is 99.4 Å². The lowest BCUT2D eigenvalue weighted by Gasteiger charge is -2.13. The molecule has 92 valence electrons. The number of amides is 1. The highest BCUT2D eigenvalue weighted by atomic mass is 16.5. The predicted octanol–water partition coefficient (Wildman–Crippen LogP) is 0.827. The van der Waals surface area contributed by atoms with Crippen molar-refractivity contribution < 1.29 is 19.4 Å². The number of hydrogen-bond donors (Lipinski definition) is 2. The first-order chi connectivity index (χ1) is 8.02. The minimum atomic E-state index is -0.877. The largest absolute Gasteiger partial charge is 0.481 e. The number of ether oxygens (including phenoxy) is 1. The van der Waals surface area contributed by atoms with Crippen LogP contribution in [0.1, 0.15) is 12.5 Å². The monoisotopic (exact) mass is 237 g/mol. The number of hydrogen-bond acceptors (Lipinski definition) is 3. The highest BCUT2D eigenvalue weighted by molar-refractivity contribution is 5.80. The molecule has 2 N–H and O–H groups in total. The number of rotatable bonds is 5. The van der Waals surface area contributed by atoms with Crippen molar-refractivity contribution in [2.24, 2.45) is 0 Å². The molecule has 1 aromatic rings. The van der Waals surface area contributed by atoms with Crippen LogP contribution in [0.3, 0.4) is 0 Å². The van der Waals surface area contributed by atoms with Gasteiger partial charge in [0.05, 0.1) is 6.42 Å².